The minimum atomic E-state index is -3.91. The smallest absolute Gasteiger partial charge is 0.264 e. The normalized spacial score (nSPS) is 11.3. The van der Waals surface area contributed by atoms with Crippen LogP contribution in [0.5, 0.6) is 0 Å². The van der Waals surface area contributed by atoms with Crippen molar-refractivity contribution >= 4 is 21.8 Å². The summed E-state index contributed by atoms with van der Waals surface area (Å²) in [5.41, 5.74) is 4.76. The molecule has 0 saturated carbocycles. The summed E-state index contributed by atoms with van der Waals surface area (Å²) in [7, 11) is -3.91. The van der Waals surface area contributed by atoms with Crippen LogP contribution in [0.15, 0.2) is 47.4 Å². The van der Waals surface area contributed by atoms with Gasteiger partial charge in [0.2, 0.25) is 5.91 Å². The summed E-state index contributed by atoms with van der Waals surface area (Å²) >= 11 is 0. The number of hydrogen-bond donors (Lipinski definition) is 2. The molecule has 0 radical (unpaired) electrons. The van der Waals surface area contributed by atoms with Gasteiger partial charge >= 0.3 is 0 Å². The van der Waals surface area contributed by atoms with Crippen LogP contribution in [-0.4, -0.2) is 20.2 Å². The van der Waals surface area contributed by atoms with Gasteiger partial charge in [0.25, 0.3) is 15.9 Å². The lowest BCUT2D eigenvalue weighted by Gasteiger charge is -2.03. The first-order chi connectivity index (χ1) is 7.92. The van der Waals surface area contributed by atoms with Gasteiger partial charge in [0.05, 0.1) is 4.90 Å². The topological polar surface area (TPSA) is 106 Å². The van der Waals surface area contributed by atoms with Gasteiger partial charge in [-0.25, -0.2) is 13.1 Å². The number of nitrogens with two attached hydrogens (primary N) is 1. The van der Waals surface area contributed by atoms with Crippen molar-refractivity contribution in [3.8, 4) is 0 Å². The molecule has 7 heteroatoms. The Labute approximate surface area is 98.2 Å². The van der Waals surface area contributed by atoms with E-state index in [1.54, 1.807) is 10.8 Å². The average molecular weight is 254 g/mol. The molecule has 0 aliphatic heterocycles. The Hall–Kier alpha value is -2.15. The predicted octanol–water partition coefficient (Wildman–Crippen LogP) is -0.467. The van der Waals surface area contributed by atoms with Gasteiger partial charge in [0.1, 0.15) is 0 Å². The number of primary amides is 1. The number of amides is 2. The van der Waals surface area contributed by atoms with E-state index in [4.69, 9.17) is 5.73 Å². The van der Waals surface area contributed by atoms with Crippen molar-refractivity contribution in [3.63, 3.8) is 0 Å². The Bertz CT molecular complexity index is 549. The minimum Gasteiger partial charge on any atom is -0.366 e. The van der Waals surface area contributed by atoms with Crippen molar-refractivity contribution in [1.29, 1.82) is 0 Å². The summed E-state index contributed by atoms with van der Waals surface area (Å²) in [6.45, 7) is 0. The van der Waals surface area contributed by atoms with E-state index in [9.17, 15) is 18.0 Å². The lowest BCUT2D eigenvalue weighted by molar-refractivity contribution is -0.116. The third-order valence-corrected chi connectivity index (χ3v) is 3.05. The molecule has 0 atom stereocenters. The molecule has 0 spiro atoms. The first kappa shape index (κ1) is 12.9. The van der Waals surface area contributed by atoms with Gasteiger partial charge < -0.3 is 5.73 Å². The first-order valence-electron chi connectivity index (χ1n) is 4.51. The standard InChI is InChI=1S/C10H10N2O4S/c11-9(13)6-7-10(14)12-17(15,16)8-4-2-1-3-5-8/h1-7H,(H2,11,13)(H,12,14). The fourth-order valence-electron chi connectivity index (χ4n) is 0.983. The van der Waals surface area contributed by atoms with E-state index in [1.165, 1.54) is 24.3 Å². The average Bonchev–Trinajstić information content (AvgIpc) is 2.27. The van der Waals surface area contributed by atoms with Gasteiger partial charge in [-0.2, -0.15) is 0 Å². The molecule has 0 saturated heterocycles. The lowest BCUT2D eigenvalue weighted by Crippen LogP contribution is -2.29. The van der Waals surface area contributed by atoms with Crippen LogP contribution < -0.4 is 10.5 Å². The second kappa shape index (κ2) is 5.26. The monoisotopic (exact) mass is 254 g/mol. The zero-order chi connectivity index (χ0) is 12.9. The third kappa shape index (κ3) is 4.07. The lowest BCUT2D eigenvalue weighted by atomic mass is 10.4. The predicted molar refractivity (Wildman–Crippen MR) is 60.1 cm³/mol. The molecule has 6 nitrogen and oxygen atoms in total. The van der Waals surface area contributed by atoms with E-state index in [1.807, 2.05) is 0 Å². The molecule has 0 aliphatic rings. The first-order valence-corrected chi connectivity index (χ1v) is 5.99. The molecular weight excluding hydrogens is 244 g/mol. The number of rotatable bonds is 4. The highest BCUT2D eigenvalue weighted by molar-refractivity contribution is 7.90. The van der Waals surface area contributed by atoms with Gasteiger partial charge in [0, 0.05) is 12.2 Å². The molecule has 3 N–H and O–H groups in total. The van der Waals surface area contributed by atoms with Crippen LogP contribution in [0.25, 0.3) is 0 Å². The maximum atomic E-state index is 11.6. The van der Waals surface area contributed by atoms with Gasteiger partial charge in [-0.05, 0) is 12.1 Å². The van der Waals surface area contributed by atoms with E-state index < -0.39 is 21.8 Å². The Balaban J connectivity index is 2.82. The molecule has 0 unspecified atom stereocenters. The van der Waals surface area contributed by atoms with Gasteiger partial charge in [-0.1, -0.05) is 18.2 Å². The highest BCUT2D eigenvalue weighted by Gasteiger charge is 2.15. The summed E-state index contributed by atoms with van der Waals surface area (Å²) in [5.74, 6) is -1.77. The molecule has 1 rings (SSSR count). The zero-order valence-electron chi connectivity index (χ0n) is 8.66. The molecule has 90 valence electrons. The van der Waals surface area contributed by atoms with Crippen molar-refractivity contribution in [2.24, 2.45) is 5.73 Å². The molecule has 0 aliphatic carbocycles. The minimum absolute atomic E-state index is 0.0409. The fraction of sp³-hybridized carbons (Fsp3) is 0. The van der Waals surface area contributed by atoms with Crippen molar-refractivity contribution in [3.05, 3.63) is 42.5 Å². The number of carbonyl (C=O) groups is 2. The summed E-state index contributed by atoms with van der Waals surface area (Å²) in [6, 6.07) is 7.38. The second-order valence-corrected chi connectivity index (χ2v) is 4.70. The van der Waals surface area contributed by atoms with E-state index in [2.05, 4.69) is 0 Å². The van der Waals surface area contributed by atoms with Crippen LogP contribution in [0.1, 0.15) is 0 Å². The van der Waals surface area contributed by atoms with Crippen molar-refractivity contribution < 1.29 is 18.0 Å². The van der Waals surface area contributed by atoms with Crippen LogP contribution >= 0.6 is 0 Å². The molecule has 0 heterocycles. The molecule has 2 amide bonds. The van der Waals surface area contributed by atoms with Gasteiger partial charge in [0.15, 0.2) is 0 Å². The SMILES string of the molecule is NC(=O)C=CC(=O)NS(=O)(=O)c1ccccc1. The Kier molecular flexibility index (Phi) is 4.00. The summed E-state index contributed by atoms with van der Waals surface area (Å²) < 4.78 is 25.0. The molecule has 0 fully saturated rings. The van der Waals surface area contributed by atoms with Crippen molar-refractivity contribution in [2.45, 2.75) is 4.90 Å². The second-order valence-electron chi connectivity index (χ2n) is 3.02. The number of nitrogens with one attached hydrogen (secondary N) is 1. The van der Waals surface area contributed by atoms with E-state index in [-0.39, 0.29) is 4.90 Å². The van der Waals surface area contributed by atoms with Crippen LogP contribution in [0.2, 0.25) is 0 Å². The summed E-state index contributed by atoms with van der Waals surface area (Å²) in [6.07, 6.45) is 1.53. The van der Waals surface area contributed by atoms with Crippen LogP contribution in [0.3, 0.4) is 0 Å². The van der Waals surface area contributed by atoms with E-state index >= 15 is 0 Å². The molecule has 17 heavy (non-hydrogen) atoms. The third-order valence-electron chi connectivity index (χ3n) is 1.69. The summed E-state index contributed by atoms with van der Waals surface area (Å²) in [5, 5.41) is 0. The number of benzene rings is 1. The highest BCUT2D eigenvalue weighted by atomic mass is 32.2. The molecule has 1 aromatic rings. The van der Waals surface area contributed by atoms with E-state index in [0.29, 0.717) is 0 Å². The Morgan fingerprint density at radius 2 is 1.71 bits per heavy atom. The molecule has 0 aromatic heterocycles. The maximum absolute atomic E-state index is 11.6. The largest absolute Gasteiger partial charge is 0.366 e. The number of sulfonamides is 1. The Morgan fingerprint density at radius 1 is 1.12 bits per heavy atom. The Morgan fingerprint density at radius 3 is 2.24 bits per heavy atom. The molecule has 0 bridgehead atoms. The maximum Gasteiger partial charge on any atom is 0.264 e. The van der Waals surface area contributed by atoms with Crippen molar-refractivity contribution in [1.82, 2.24) is 4.72 Å². The summed E-state index contributed by atoms with van der Waals surface area (Å²) in [4.78, 5) is 21.5. The quantitative estimate of drug-likeness (QED) is 0.708. The molecular formula is C10H10N2O4S. The van der Waals surface area contributed by atoms with E-state index in [0.717, 1.165) is 12.2 Å². The number of hydrogen-bond acceptors (Lipinski definition) is 4. The van der Waals surface area contributed by atoms with Crippen LogP contribution in [0, 0.1) is 0 Å². The van der Waals surface area contributed by atoms with Crippen molar-refractivity contribution in [2.75, 3.05) is 0 Å². The number of carbonyl (C=O) groups excluding carboxylic acids is 2. The van der Waals surface area contributed by atoms with Crippen LogP contribution in [0.4, 0.5) is 0 Å². The highest BCUT2D eigenvalue weighted by Crippen LogP contribution is 2.06. The van der Waals surface area contributed by atoms with Crippen LogP contribution in [-0.2, 0) is 19.6 Å². The van der Waals surface area contributed by atoms with Gasteiger partial charge in [-0.3, -0.25) is 9.59 Å². The van der Waals surface area contributed by atoms with Gasteiger partial charge in [-0.15, -0.1) is 0 Å². The molecule has 1 aromatic carbocycles. The fourth-order valence-corrected chi connectivity index (χ4v) is 1.95. The zero-order valence-corrected chi connectivity index (χ0v) is 9.48.